The molecule has 0 saturated heterocycles. The number of nitrogens with zero attached hydrogens (tertiary/aromatic N) is 1. The molecule has 0 unspecified atom stereocenters. The molecule has 0 aliphatic carbocycles. The summed E-state index contributed by atoms with van der Waals surface area (Å²) in [5.41, 5.74) is -0.0299. The Balaban J connectivity index is 2.03. The lowest BCUT2D eigenvalue weighted by Gasteiger charge is -2.12. The van der Waals surface area contributed by atoms with Gasteiger partial charge in [0, 0.05) is 23.4 Å². The van der Waals surface area contributed by atoms with Gasteiger partial charge >= 0.3 is 0 Å². The van der Waals surface area contributed by atoms with Gasteiger partial charge in [0.2, 0.25) is 0 Å². The van der Waals surface area contributed by atoms with Crippen LogP contribution in [0.5, 0.6) is 0 Å². The van der Waals surface area contributed by atoms with Gasteiger partial charge in [0.25, 0.3) is 11.5 Å². The Morgan fingerprint density at radius 2 is 1.97 bits per heavy atom. The first-order valence-corrected chi connectivity index (χ1v) is 11.6. The molecule has 8 nitrogen and oxygen atoms in total. The number of aryl methyl sites for hydroxylation is 1. The number of hydrogen-bond donors (Lipinski definition) is 3. The lowest BCUT2D eigenvalue weighted by Crippen LogP contribution is -2.29. The zero-order valence-corrected chi connectivity index (χ0v) is 18.6. The number of aliphatic hydroxyl groups excluding tert-OH is 1. The fraction of sp³-hybridized carbons (Fsp3) is 0.190. The number of nitrogens with one attached hydrogen (secondary N) is 2. The quantitative estimate of drug-likeness (QED) is 0.497. The van der Waals surface area contributed by atoms with Gasteiger partial charge in [-0.15, -0.1) is 0 Å². The van der Waals surface area contributed by atoms with Gasteiger partial charge in [0.05, 0.1) is 17.1 Å². The van der Waals surface area contributed by atoms with Gasteiger partial charge in [-0.3, -0.25) is 9.59 Å². The lowest BCUT2D eigenvalue weighted by atomic mass is 10.1. The number of hydrogen-bond acceptors (Lipinski definition) is 6. The largest absolute Gasteiger partial charge is 0.391 e. The summed E-state index contributed by atoms with van der Waals surface area (Å²) in [6.07, 6.45) is 0.881. The van der Waals surface area contributed by atoms with Crippen molar-refractivity contribution >= 4 is 27.3 Å². The minimum Gasteiger partial charge on any atom is -0.391 e. The van der Waals surface area contributed by atoms with E-state index in [2.05, 4.69) is 15.3 Å². The molecule has 0 aliphatic heterocycles. The number of sulfone groups is 1. The SMILES string of the molecule is Cc1ccc(CNC(=O)c2nc(-c3ccc(F)cc3S(C)(=O)=O)[nH]c(=O)c2CO)cc1Cl. The fourth-order valence-electron chi connectivity index (χ4n) is 2.97. The van der Waals surface area contributed by atoms with E-state index in [4.69, 9.17) is 11.6 Å². The van der Waals surface area contributed by atoms with E-state index in [1.54, 1.807) is 18.2 Å². The molecular weight excluding hydrogens is 461 g/mol. The summed E-state index contributed by atoms with van der Waals surface area (Å²) in [6.45, 7) is 1.13. The standard InChI is InChI=1S/C21H19ClFN3O5S/c1-11-3-4-12(7-16(11)22)9-24-21(29)18-15(10-27)20(28)26-19(25-18)14-6-5-13(23)8-17(14)32(2,30)31/h3-8,27H,9-10H2,1-2H3,(H,24,29)(H,25,26,28). The van der Waals surface area contributed by atoms with Crippen molar-refractivity contribution in [1.82, 2.24) is 15.3 Å². The van der Waals surface area contributed by atoms with E-state index in [1.165, 1.54) is 0 Å². The van der Waals surface area contributed by atoms with Crippen LogP contribution in [0, 0.1) is 12.7 Å². The zero-order chi connectivity index (χ0) is 23.6. The Hall–Kier alpha value is -3.08. The maximum Gasteiger partial charge on any atom is 0.270 e. The summed E-state index contributed by atoms with van der Waals surface area (Å²) >= 11 is 6.09. The van der Waals surface area contributed by atoms with Gasteiger partial charge in [-0.05, 0) is 42.3 Å². The molecule has 0 radical (unpaired) electrons. The van der Waals surface area contributed by atoms with E-state index in [0.29, 0.717) is 10.6 Å². The van der Waals surface area contributed by atoms with E-state index in [0.717, 1.165) is 30.0 Å². The molecule has 0 atom stereocenters. The second-order valence-electron chi connectivity index (χ2n) is 7.08. The Bertz CT molecular complexity index is 1370. The van der Waals surface area contributed by atoms with Crippen molar-refractivity contribution in [2.45, 2.75) is 25.0 Å². The summed E-state index contributed by atoms with van der Waals surface area (Å²) in [5, 5.41) is 12.7. The third kappa shape index (κ3) is 5.04. The summed E-state index contributed by atoms with van der Waals surface area (Å²) in [5.74, 6) is -1.81. The van der Waals surface area contributed by atoms with Gasteiger partial charge in [-0.25, -0.2) is 17.8 Å². The van der Waals surface area contributed by atoms with Gasteiger partial charge in [0.15, 0.2) is 9.84 Å². The third-order valence-electron chi connectivity index (χ3n) is 4.68. The molecule has 3 rings (SSSR count). The van der Waals surface area contributed by atoms with Crippen LogP contribution in [-0.2, 0) is 23.0 Å². The Morgan fingerprint density at radius 3 is 2.59 bits per heavy atom. The molecule has 0 spiro atoms. The second kappa shape index (κ2) is 9.19. The predicted octanol–water partition coefficient (Wildman–Crippen LogP) is 2.36. The Kier molecular flexibility index (Phi) is 6.77. The van der Waals surface area contributed by atoms with Crippen LogP contribution in [0.3, 0.4) is 0 Å². The molecule has 2 aromatic carbocycles. The molecule has 1 amide bonds. The highest BCUT2D eigenvalue weighted by Gasteiger charge is 2.22. The predicted molar refractivity (Wildman–Crippen MR) is 117 cm³/mol. The molecule has 168 valence electrons. The Morgan fingerprint density at radius 1 is 1.25 bits per heavy atom. The molecule has 1 heterocycles. The molecule has 3 aromatic rings. The van der Waals surface area contributed by atoms with Crippen LogP contribution in [0.1, 0.15) is 27.2 Å². The first-order valence-electron chi connectivity index (χ1n) is 9.28. The van der Waals surface area contributed by atoms with Crippen LogP contribution in [0.25, 0.3) is 11.4 Å². The molecule has 0 aliphatic rings. The number of rotatable bonds is 6. The summed E-state index contributed by atoms with van der Waals surface area (Å²) in [7, 11) is -3.88. The van der Waals surface area contributed by atoms with Crippen molar-refractivity contribution in [2.24, 2.45) is 0 Å². The van der Waals surface area contributed by atoms with Crippen LogP contribution in [0.15, 0.2) is 46.1 Å². The topological polar surface area (TPSA) is 129 Å². The van der Waals surface area contributed by atoms with Gasteiger partial charge in [-0.1, -0.05) is 23.7 Å². The van der Waals surface area contributed by atoms with Crippen LogP contribution < -0.4 is 10.9 Å². The number of aromatic amines is 1. The van der Waals surface area contributed by atoms with Crippen molar-refractivity contribution in [3.05, 3.63) is 80.0 Å². The van der Waals surface area contributed by atoms with Crippen molar-refractivity contribution in [3.63, 3.8) is 0 Å². The Labute approximate surface area is 188 Å². The minimum atomic E-state index is -3.88. The second-order valence-corrected chi connectivity index (χ2v) is 9.47. The van der Waals surface area contributed by atoms with Crippen LogP contribution >= 0.6 is 11.6 Å². The lowest BCUT2D eigenvalue weighted by molar-refractivity contribution is 0.0942. The van der Waals surface area contributed by atoms with E-state index in [-0.39, 0.29) is 29.2 Å². The molecule has 0 bridgehead atoms. The average Bonchev–Trinajstić information content (AvgIpc) is 2.73. The number of H-pyrrole nitrogens is 1. The van der Waals surface area contributed by atoms with Crippen LogP contribution in [0.4, 0.5) is 4.39 Å². The van der Waals surface area contributed by atoms with E-state index in [1.807, 2.05) is 6.92 Å². The summed E-state index contributed by atoms with van der Waals surface area (Å²) in [4.78, 5) is 31.3. The molecule has 1 aromatic heterocycles. The van der Waals surface area contributed by atoms with Crippen LogP contribution in [0.2, 0.25) is 5.02 Å². The number of amides is 1. The van der Waals surface area contributed by atoms with Gasteiger partial charge in [-0.2, -0.15) is 0 Å². The first kappa shape index (κ1) is 23.6. The van der Waals surface area contributed by atoms with E-state index >= 15 is 0 Å². The molecule has 0 fully saturated rings. The molecule has 32 heavy (non-hydrogen) atoms. The number of carbonyl (C=O) groups excluding carboxylic acids is 1. The number of aliphatic hydroxyl groups is 1. The maximum absolute atomic E-state index is 13.7. The number of benzene rings is 2. The maximum atomic E-state index is 13.7. The monoisotopic (exact) mass is 479 g/mol. The highest BCUT2D eigenvalue weighted by atomic mass is 35.5. The number of halogens is 2. The van der Waals surface area contributed by atoms with Gasteiger partial charge in [0.1, 0.15) is 17.3 Å². The molecule has 3 N–H and O–H groups in total. The highest BCUT2D eigenvalue weighted by Crippen LogP contribution is 2.25. The summed E-state index contributed by atoms with van der Waals surface area (Å²) in [6, 6.07) is 8.17. The van der Waals surface area contributed by atoms with Crippen molar-refractivity contribution in [3.8, 4) is 11.4 Å². The third-order valence-corrected chi connectivity index (χ3v) is 6.22. The fourth-order valence-corrected chi connectivity index (χ4v) is 4.06. The average molecular weight is 480 g/mol. The smallest absolute Gasteiger partial charge is 0.270 e. The van der Waals surface area contributed by atoms with Crippen LogP contribution in [-0.4, -0.2) is 35.7 Å². The summed E-state index contributed by atoms with van der Waals surface area (Å²) < 4.78 is 37.9. The van der Waals surface area contributed by atoms with E-state index < -0.39 is 38.6 Å². The molecule has 0 saturated carbocycles. The number of aromatic nitrogens is 2. The highest BCUT2D eigenvalue weighted by molar-refractivity contribution is 7.90. The first-order chi connectivity index (χ1) is 15.0. The minimum absolute atomic E-state index is 0.0681. The number of carbonyl (C=O) groups is 1. The van der Waals surface area contributed by atoms with Crippen molar-refractivity contribution < 1.29 is 22.7 Å². The van der Waals surface area contributed by atoms with Crippen molar-refractivity contribution in [2.75, 3.05) is 6.26 Å². The molecular formula is C21H19ClFN3O5S. The van der Waals surface area contributed by atoms with Gasteiger partial charge < -0.3 is 15.4 Å². The normalized spacial score (nSPS) is 11.4. The van der Waals surface area contributed by atoms with E-state index in [9.17, 15) is 27.5 Å². The van der Waals surface area contributed by atoms with Crippen molar-refractivity contribution in [1.29, 1.82) is 0 Å². The zero-order valence-electron chi connectivity index (χ0n) is 17.1. The molecule has 11 heteroatoms.